The number of anilines is 2. The van der Waals surface area contributed by atoms with Gasteiger partial charge in [-0.15, -0.1) is 0 Å². The summed E-state index contributed by atoms with van der Waals surface area (Å²) in [4.78, 5) is 56.1. The van der Waals surface area contributed by atoms with Crippen LogP contribution in [0, 0.1) is 17.8 Å². The van der Waals surface area contributed by atoms with Crippen molar-refractivity contribution in [3.63, 3.8) is 0 Å². The molecule has 0 bridgehead atoms. The van der Waals surface area contributed by atoms with Gasteiger partial charge in [0.25, 0.3) is 0 Å². The van der Waals surface area contributed by atoms with Crippen molar-refractivity contribution in [3.8, 4) is 11.5 Å². The first kappa shape index (κ1) is 64.8. The van der Waals surface area contributed by atoms with Gasteiger partial charge in [0.1, 0.15) is 17.0 Å². The maximum Gasteiger partial charge on any atom is 0.339 e. The number of carboxylic acids is 1. The van der Waals surface area contributed by atoms with E-state index >= 15 is 0 Å². The van der Waals surface area contributed by atoms with Crippen molar-refractivity contribution >= 4 is 172 Å². The molecule has 394 valence electrons. The number of amides is 1. The van der Waals surface area contributed by atoms with Crippen LogP contribution in [0.1, 0.15) is 63.2 Å². The SMILES string of the molecule is Brc1ccc2oc(C3CCOCC3)nc2c1.Nc1cc(Br)ccc1O.O=C(Cl)C(=O)Cl.O=C(Cl)C1CCOCC1.O=C(Nc1cc(Br)ccc1O)C1CCOCC1.O=C(O)C1CCOCC1.O=P(Cl)(Cl)Cl. The van der Waals surface area contributed by atoms with E-state index in [0.717, 1.165) is 82.1 Å². The first-order chi connectivity index (χ1) is 33.4. The number of phenolic OH excluding ortho intramolecular Hbond substituents is 2. The average Bonchev–Trinajstić information content (AvgIpc) is 3.77. The van der Waals surface area contributed by atoms with Crippen LogP contribution in [0.4, 0.5) is 11.4 Å². The predicted molar refractivity (Wildman–Crippen MR) is 285 cm³/mol. The normalized spacial score (nSPS) is 16.3. The molecule has 1 aromatic heterocycles. The number of hydrogen-bond donors (Lipinski definition) is 5. The molecule has 17 nitrogen and oxygen atoms in total. The van der Waals surface area contributed by atoms with E-state index in [0.29, 0.717) is 69.8 Å². The number of aromatic hydroxyl groups is 2. The first-order valence-electron chi connectivity index (χ1n) is 21.4. The number of rotatable bonds is 6. The van der Waals surface area contributed by atoms with Gasteiger partial charge in [-0.3, -0.25) is 28.5 Å². The highest BCUT2D eigenvalue weighted by molar-refractivity contribution is 9.11. The third-order valence-electron chi connectivity index (χ3n) is 10.0. The Labute approximate surface area is 464 Å². The summed E-state index contributed by atoms with van der Waals surface area (Å²) in [5.74, 6) is 0.615. The molecule has 4 aliphatic heterocycles. The third kappa shape index (κ3) is 28.8. The van der Waals surface area contributed by atoms with Crippen LogP contribution >= 0.6 is 122 Å². The average molecular weight is 1330 g/mol. The van der Waals surface area contributed by atoms with Crippen molar-refractivity contribution in [2.75, 3.05) is 63.9 Å². The van der Waals surface area contributed by atoms with Gasteiger partial charge in [0.05, 0.1) is 17.3 Å². The van der Waals surface area contributed by atoms with E-state index in [4.69, 9.17) is 50.9 Å². The van der Waals surface area contributed by atoms with Crippen LogP contribution in [0.25, 0.3) is 11.1 Å². The van der Waals surface area contributed by atoms with Crippen molar-refractivity contribution in [2.45, 2.75) is 57.3 Å². The van der Waals surface area contributed by atoms with E-state index in [1.165, 1.54) is 0 Å². The maximum atomic E-state index is 11.9. The second-order valence-electron chi connectivity index (χ2n) is 15.2. The molecule has 6 N–H and O–H groups in total. The number of oxazole rings is 1. The molecule has 4 aromatic rings. The van der Waals surface area contributed by atoms with E-state index in [9.17, 15) is 33.6 Å². The van der Waals surface area contributed by atoms with Gasteiger partial charge in [0.15, 0.2) is 11.5 Å². The molecule has 1 amide bonds. The number of hydrogen-bond acceptors (Lipinski definition) is 15. The number of phenols is 2. The Kier molecular flexibility index (Phi) is 32.0. The molecule has 5 heterocycles. The summed E-state index contributed by atoms with van der Waals surface area (Å²) < 4.78 is 38.6. The molecule has 4 saturated heterocycles. The first-order valence-corrected chi connectivity index (χ1v) is 29.3. The Morgan fingerprint density at radius 3 is 1.44 bits per heavy atom. The molecule has 71 heavy (non-hydrogen) atoms. The summed E-state index contributed by atoms with van der Waals surface area (Å²) >= 11 is 38.0. The van der Waals surface area contributed by atoms with Gasteiger partial charge in [0.2, 0.25) is 11.1 Å². The van der Waals surface area contributed by atoms with Crippen LogP contribution in [0.2, 0.25) is 0 Å². The number of nitrogens with one attached hydrogen (secondary N) is 1. The highest BCUT2D eigenvalue weighted by Gasteiger charge is 2.24. The zero-order valence-electron chi connectivity index (χ0n) is 37.5. The van der Waals surface area contributed by atoms with Gasteiger partial charge < -0.3 is 49.7 Å². The lowest BCUT2D eigenvalue weighted by atomic mass is 9.99. The zero-order valence-corrected chi connectivity index (χ0v) is 47.7. The van der Waals surface area contributed by atoms with Crippen molar-refractivity contribution < 1.29 is 67.2 Å². The summed E-state index contributed by atoms with van der Waals surface area (Å²) in [7, 11) is 0. The number of aliphatic carboxylic acids is 1. The van der Waals surface area contributed by atoms with E-state index in [2.05, 4.69) is 115 Å². The second-order valence-corrected chi connectivity index (χ2v) is 25.6. The number of nitrogen functional groups attached to an aromatic ring is 1. The lowest BCUT2D eigenvalue weighted by Crippen LogP contribution is -2.28. The van der Waals surface area contributed by atoms with Gasteiger partial charge in [-0.05, 0) is 174 Å². The molecule has 3 aromatic carbocycles. The lowest BCUT2D eigenvalue weighted by Gasteiger charge is -2.21. The topological polar surface area (TPSA) is 264 Å². The molecule has 8 rings (SSSR count). The highest BCUT2D eigenvalue weighted by atomic mass is 79.9. The van der Waals surface area contributed by atoms with Gasteiger partial charge >= 0.3 is 21.7 Å². The second kappa shape index (κ2) is 35.1. The number of halogens is 9. The van der Waals surface area contributed by atoms with E-state index < -0.39 is 21.7 Å². The number of ether oxygens (including phenoxy) is 4. The van der Waals surface area contributed by atoms with E-state index in [-0.39, 0.29) is 40.4 Å². The Bertz CT molecular complexity index is 2310. The third-order valence-corrected chi connectivity index (χ3v) is 12.2. The van der Waals surface area contributed by atoms with Crippen LogP contribution in [0.15, 0.2) is 72.4 Å². The summed E-state index contributed by atoms with van der Waals surface area (Å²) in [6.45, 7) is 5.46. The summed E-state index contributed by atoms with van der Waals surface area (Å²) in [5, 5.41) is 24.0. The van der Waals surface area contributed by atoms with Crippen molar-refractivity contribution in [1.82, 2.24) is 4.98 Å². The van der Waals surface area contributed by atoms with Gasteiger partial charge in [0, 0.05) is 84.0 Å². The number of nitrogens with zero attached hydrogens (tertiary/aromatic N) is 1. The fraction of sp³-hybridized carbons (Fsp3) is 0.455. The number of carbonyl (C=O) groups excluding carboxylic acids is 4. The van der Waals surface area contributed by atoms with Crippen LogP contribution in [0.3, 0.4) is 0 Å². The molecule has 4 fully saturated rings. The minimum Gasteiger partial charge on any atom is -0.506 e. The van der Waals surface area contributed by atoms with Crippen LogP contribution in [-0.2, 0) is 47.5 Å². The number of fused-ring (bicyclic) bond motifs is 1. The van der Waals surface area contributed by atoms with Crippen molar-refractivity contribution in [2.24, 2.45) is 17.8 Å². The minimum atomic E-state index is -3.22. The van der Waals surface area contributed by atoms with Gasteiger partial charge in [-0.1, -0.05) is 47.8 Å². The molecule has 0 radical (unpaired) electrons. The largest absolute Gasteiger partial charge is 0.506 e. The summed E-state index contributed by atoms with van der Waals surface area (Å²) in [6, 6.07) is 15.8. The van der Waals surface area contributed by atoms with Crippen LogP contribution in [0.5, 0.6) is 11.5 Å². The Morgan fingerprint density at radius 2 is 1.03 bits per heavy atom. The molecule has 27 heteroatoms. The molecule has 0 aliphatic carbocycles. The van der Waals surface area contributed by atoms with Crippen molar-refractivity contribution in [3.05, 3.63) is 73.9 Å². The van der Waals surface area contributed by atoms with Crippen molar-refractivity contribution in [1.29, 1.82) is 0 Å². The minimum absolute atomic E-state index is 0.0258. The molecule has 0 spiro atoms. The molecule has 0 atom stereocenters. The number of carbonyl (C=O) groups is 5. The standard InChI is InChI=1S/C12H14BrNO3.C12H12BrNO2.C6H6BrNO.C6H9ClO2.C6H10O3.C2Cl2O2.Cl3OP/c13-9-1-2-11(15)10(7-9)14-12(16)8-3-5-17-6-4-8;13-9-1-2-11-10(7-9)14-12(16-11)8-3-5-15-6-4-8;7-4-1-2-6(9)5(8)3-4;2*7-6(8)5-1-3-9-4-2-5;3-1(5)2(4)6;1-5(2,3)4/h1-2,7-8,15H,3-6H2,(H,14,16);1-2,7-8H,3-6H2;1-3,9H,8H2;5H,1-4H2;5H,1-4H2,(H,7,8);;. The summed E-state index contributed by atoms with van der Waals surface area (Å²) in [5.41, 5.74) is 7.97. The molecular formula is C44H51Br3Cl6N3O14P. The number of carboxylic acid groups (broad SMARTS) is 1. The van der Waals surface area contributed by atoms with Crippen LogP contribution in [-0.4, -0.2) is 101 Å². The number of aromatic nitrogens is 1. The predicted octanol–water partition coefficient (Wildman–Crippen LogP) is 12.7. The highest BCUT2D eigenvalue weighted by Crippen LogP contribution is 2.61. The monoisotopic (exact) mass is 1320 g/mol. The van der Waals surface area contributed by atoms with E-state index in [1.807, 2.05) is 18.2 Å². The fourth-order valence-corrected chi connectivity index (χ4v) is 7.54. The fourth-order valence-electron chi connectivity index (χ4n) is 6.23. The maximum absolute atomic E-state index is 11.9. The quantitative estimate of drug-likeness (QED) is 0.0395. The molecule has 0 saturated carbocycles. The van der Waals surface area contributed by atoms with E-state index in [1.54, 1.807) is 36.4 Å². The number of nitrogens with two attached hydrogens (primary N) is 1. The molecule has 4 aliphatic rings. The number of benzene rings is 3. The smallest absolute Gasteiger partial charge is 0.339 e. The Hall–Kier alpha value is -2.27. The van der Waals surface area contributed by atoms with Gasteiger partial charge in [-0.25, -0.2) is 4.98 Å². The summed E-state index contributed by atoms with van der Waals surface area (Å²) in [6.07, 6.45) is 6.43. The Morgan fingerprint density at radius 1 is 0.620 bits per heavy atom. The molecule has 0 unspecified atom stereocenters. The van der Waals surface area contributed by atoms with Crippen LogP contribution < -0.4 is 11.1 Å². The van der Waals surface area contributed by atoms with Gasteiger partial charge in [-0.2, -0.15) is 0 Å². The lowest BCUT2D eigenvalue weighted by molar-refractivity contribution is -0.144. The molecular weight excluding hydrogens is 1280 g/mol. The zero-order chi connectivity index (χ0) is 53.1. The Balaban J connectivity index is 0.000000296.